The van der Waals surface area contributed by atoms with Crippen LogP contribution in [0.4, 0.5) is 5.69 Å². The van der Waals surface area contributed by atoms with Crippen LogP contribution < -0.4 is 5.32 Å². The minimum Gasteiger partial charge on any atom is -0.331 e. The van der Waals surface area contributed by atoms with Gasteiger partial charge in [-0.15, -0.1) is 0 Å². The lowest BCUT2D eigenvalue weighted by Crippen LogP contribution is -2.13. The molecule has 0 fully saturated rings. The molecule has 0 aliphatic heterocycles. The van der Waals surface area contributed by atoms with E-state index in [1.54, 1.807) is 60.5 Å². The number of imidazole rings is 1. The van der Waals surface area contributed by atoms with Crippen molar-refractivity contribution in [2.24, 2.45) is 7.05 Å². The molecular weight excluding hydrogens is 476 g/mol. The number of nitrogens with one attached hydrogen (secondary N) is 1. The number of aryl methyl sites for hydroxylation is 1. The Kier molecular flexibility index (Phi) is 6.29. The Bertz CT molecular complexity index is 1240. The number of hydrogen-bond acceptors (Lipinski definition) is 5. The van der Waals surface area contributed by atoms with E-state index >= 15 is 0 Å². The summed E-state index contributed by atoms with van der Waals surface area (Å²) in [6.07, 6.45) is 5.03. The molecule has 4 aromatic rings. The lowest BCUT2D eigenvalue weighted by Gasteiger charge is -2.10. The molecule has 0 saturated carbocycles. The number of amides is 1. The number of nitrogens with zero attached hydrogens (tertiary/aromatic N) is 3. The summed E-state index contributed by atoms with van der Waals surface area (Å²) in [7, 11) is 1.77. The first-order valence-electron chi connectivity index (χ1n) is 9.33. The zero-order valence-electron chi connectivity index (χ0n) is 16.4. The smallest absolute Gasteiger partial charge is 0.256 e. The summed E-state index contributed by atoms with van der Waals surface area (Å²) < 4.78 is 2.57. The number of aromatic nitrogens is 3. The average molecular weight is 493 g/mol. The monoisotopic (exact) mass is 492 g/mol. The topological polar surface area (TPSA) is 76.9 Å². The van der Waals surface area contributed by atoms with Crippen LogP contribution in [0.1, 0.15) is 26.5 Å². The molecule has 8 heteroatoms. The highest BCUT2D eigenvalue weighted by atomic mass is 79.9. The number of pyridine rings is 1. The summed E-state index contributed by atoms with van der Waals surface area (Å²) in [5, 5.41) is 3.69. The molecule has 0 atom stereocenters. The van der Waals surface area contributed by atoms with Crippen molar-refractivity contribution in [1.29, 1.82) is 0 Å². The van der Waals surface area contributed by atoms with Crippen LogP contribution in [0.25, 0.3) is 0 Å². The lowest BCUT2D eigenvalue weighted by molar-refractivity contribution is 0.101. The maximum atomic E-state index is 12.9. The first-order chi connectivity index (χ1) is 15.0. The zero-order chi connectivity index (χ0) is 21.8. The standard InChI is InChI=1S/C23H17BrN4O2S/c1-28-13-12-25-22(28)21(29)15-6-9-17(10-7-15)27-23(30)18-4-2-3-5-19(18)31-20-11-8-16(24)14-26-20/h2-14H,1H3,(H,27,30). The van der Waals surface area contributed by atoms with E-state index in [-0.39, 0.29) is 11.7 Å². The number of anilines is 1. The molecular formula is C23H17BrN4O2S. The first kappa shape index (κ1) is 21.0. The molecule has 154 valence electrons. The fourth-order valence-electron chi connectivity index (χ4n) is 2.90. The van der Waals surface area contributed by atoms with Gasteiger partial charge in [-0.1, -0.05) is 23.9 Å². The highest BCUT2D eigenvalue weighted by Crippen LogP contribution is 2.30. The fraction of sp³-hybridized carbons (Fsp3) is 0.0435. The minimum atomic E-state index is -0.233. The molecule has 0 unspecified atom stereocenters. The maximum absolute atomic E-state index is 12.9. The second-order valence-corrected chi connectivity index (χ2v) is 8.61. The maximum Gasteiger partial charge on any atom is 0.256 e. The van der Waals surface area contributed by atoms with Gasteiger partial charge in [0.1, 0.15) is 5.03 Å². The van der Waals surface area contributed by atoms with Crippen molar-refractivity contribution in [1.82, 2.24) is 14.5 Å². The highest BCUT2D eigenvalue weighted by molar-refractivity contribution is 9.10. The van der Waals surface area contributed by atoms with E-state index in [4.69, 9.17) is 0 Å². The molecule has 0 aliphatic rings. The SMILES string of the molecule is Cn1ccnc1C(=O)c1ccc(NC(=O)c2ccccc2Sc2ccc(Br)cn2)cc1. The molecule has 4 rings (SSSR count). The molecule has 1 N–H and O–H groups in total. The van der Waals surface area contributed by atoms with Crippen LogP contribution in [0.5, 0.6) is 0 Å². The summed E-state index contributed by atoms with van der Waals surface area (Å²) in [5.41, 5.74) is 1.65. The summed E-state index contributed by atoms with van der Waals surface area (Å²) >= 11 is 4.79. The largest absolute Gasteiger partial charge is 0.331 e. The van der Waals surface area contributed by atoms with Crippen LogP contribution in [-0.2, 0) is 7.05 Å². The van der Waals surface area contributed by atoms with E-state index in [2.05, 4.69) is 31.2 Å². The molecule has 0 radical (unpaired) electrons. The minimum absolute atomic E-state index is 0.172. The summed E-state index contributed by atoms with van der Waals surface area (Å²) in [6, 6.07) is 17.9. The Labute approximate surface area is 191 Å². The van der Waals surface area contributed by atoms with E-state index in [9.17, 15) is 9.59 Å². The highest BCUT2D eigenvalue weighted by Gasteiger charge is 2.15. The average Bonchev–Trinajstić information content (AvgIpc) is 3.21. The Hall–Kier alpha value is -3.23. The third-order valence-electron chi connectivity index (χ3n) is 4.48. The van der Waals surface area contributed by atoms with E-state index in [0.29, 0.717) is 22.6 Å². The van der Waals surface area contributed by atoms with Gasteiger partial charge in [-0.3, -0.25) is 9.59 Å². The Morgan fingerprint density at radius 3 is 2.45 bits per heavy atom. The van der Waals surface area contributed by atoms with E-state index < -0.39 is 0 Å². The normalized spacial score (nSPS) is 10.6. The fourth-order valence-corrected chi connectivity index (χ4v) is 4.01. The van der Waals surface area contributed by atoms with Crippen molar-refractivity contribution >= 4 is 45.1 Å². The summed E-state index contributed by atoms with van der Waals surface area (Å²) in [5.74, 6) is -0.0400. The number of hydrogen-bond donors (Lipinski definition) is 1. The van der Waals surface area contributed by atoms with Crippen molar-refractivity contribution in [2.75, 3.05) is 5.32 Å². The van der Waals surface area contributed by atoms with Crippen LogP contribution in [0.2, 0.25) is 0 Å². The molecule has 1 amide bonds. The third kappa shape index (κ3) is 4.92. The van der Waals surface area contributed by atoms with Crippen LogP contribution in [0.3, 0.4) is 0 Å². The van der Waals surface area contributed by atoms with E-state index in [0.717, 1.165) is 14.4 Å². The second kappa shape index (κ2) is 9.28. The Morgan fingerprint density at radius 2 is 1.77 bits per heavy atom. The van der Waals surface area contributed by atoms with Crippen molar-refractivity contribution < 1.29 is 9.59 Å². The second-order valence-electron chi connectivity index (χ2n) is 6.64. The summed E-state index contributed by atoms with van der Waals surface area (Å²) in [4.78, 5) is 34.7. The van der Waals surface area contributed by atoms with Crippen LogP contribution in [0.15, 0.2) is 93.6 Å². The van der Waals surface area contributed by atoms with Gasteiger partial charge in [0.25, 0.3) is 5.91 Å². The van der Waals surface area contributed by atoms with Crippen molar-refractivity contribution in [3.05, 3.63) is 101 Å². The lowest BCUT2D eigenvalue weighted by atomic mass is 10.1. The van der Waals surface area contributed by atoms with Crippen molar-refractivity contribution in [2.45, 2.75) is 9.92 Å². The molecule has 2 aromatic heterocycles. The van der Waals surface area contributed by atoms with Gasteiger partial charge < -0.3 is 9.88 Å². The molecule has 31 heavy (non-hydrogen) atoms. The zero-order valence-corrected chi connectivity index (χ0v) is 18.9. The van der Waals surface area contributed by atoms with Gasteiger partial charge in [-0.25, -0.2) is 9.97 Å². The van der Waals surface area contributed by atoms with Gasteiger partial charge in [0.2, 0.25) is 5.78 Å². The number of carbonyl (C=O) groups is 2. The summed E-state index contributed by atoms with van der Waals surface area (Å²) in [6.45, 7) is 0. The van der Waals surface area contributed by atoms with Gasteiger partial charge in [-0.05, 0) is 64.5 Å². The van der Waals surface area contributed by atoms with Crippen LogP contribution in [0, 0.1) is 0 Å². The number of ketones is 1. The molecule has 0 aliphatic carbocycles. The predicted octanol–water partition coefficient (Wildman–Crippen LogP) is 5.21. The van der Waals surface area contributed by atoms with Crippen molar-refractivity contribution in [3.8, 4) is 0 Å². The van der Waals surface area contributed by atoms with E-state index in [1.165, 1.54) is 11.8 Å². The van der Waals surface area contributed by atoms with Gasteiger partial charge in [0.05, 0.1) is 5.56 Å². The molecule has 0 spiro atoms. The molecule has 2 aromatic carbocycles. The molecule has 2 heterocycles. The van der Waals surface area contributed by atoms with Crippen LogP contribution >= 0.6 is 27.7 Å². The number of carbonyl (C=O) groups excluding carboxylic acids is 2. The predicted molar refractivity (Wildman–Crippen MR) is 124 cm³/mol. The molecule has 0 bridgehead atoms. The third-order valence-corrected chi connectivity index (χ3v) is 5.97. The quantitative estimate of drug-likeness (QED) is 0.373. The van der Waals surface area contributed by atoms with Gasteiger partial charge in [0.15, 0.2) is 5.82 Å². The van der Waals surface area contributed by atoms with Gasteiger partial charge >= 0.3 is 0 Å². The van der Waals surface area contributed by atoms with Gasteiger partial charge in [-0.2, -0.15) is 0 Å². The number of halogens is 1. The first-order valence-corrected chi connectivity index (χ1v) is 10.9. The Morgan fingerprint density at radius 1 is 1.00 bits per heavy atom. The molecule has 6 nitrogen and oxygen atoms in total. The number of benzene rings is 2. The van der Waals surface area contributed by atoms with Gasteiger partial charge in [0, 0.05) is 46.3 Å². The number of rotatable bonds is 6. The Balaban J connectivity index is 1.49. The van der Waals surface area contributed by atoms with E-state index in [1.807, 2.05) is 30.3 Å². The molecule has 0 saturated heterocycles. The van der Waals surface area contributed by atoms with Crippen LogP contribution in [-0.4, -0.2) is 26.2 Å². The van der Waals surface area contributed by atoms with Crippen molar-refractivity contribution in [3.63, 3.8) is 0 Å².